The first-order valence-corrected chi connectivity index (χ1v) is 11.6. The summed E-state index contributed by atoms with van der Waals surface area (Å²) < 4.78 is 11.1. The van der Waals surface area contributed by atoms with E-state index in [1.54, 1.807) is 19.5 Å². The molecule has 1 aliphatic rings. The Morgan fingerprint density at radius 3 is 2.27 bits per heavy atom. The third-order valence-corrected chi connectivity index (χ3v) is 6.29. The molecular formula is C28H32N2O3. The van der Waals surface area contributed by atoms with Crippen molar-refractivity contribution in [3.63, 3.8) is 0 Å². The number of ether oxygens (including phenoxy) is 2. The van der Waals surface area contributed by atoms with Crippen molar-refractivity contribution in [2.45, 2.75) is 38.9 Å². The van der Waals surface area contributed by atoms with E-state index in [1.807, 2.05) is 41.3 Å². The first-order valence-electron chi connectivity index (χ1n) is 11.6. The van der Waals surface area contributed by atoms with Gasteiger partial charge in [0.25, 0.3) is 0 Å². The second-order valence-electron chi connectivity index (χ2n) is 8.72. The molecule has 0 aliphatic carbocycles. The van der Waals surface area contributed by atoms with Gasteiger partial charge in [0.1, 0.15) is 5.75 Å². The zero-order valence-corrected chi connectivity index (χ0v) is 19.3. The van der Waals surface area contributed by atoms with E-state index < -0.39 is 0 Å². The number of piperidine rings is 1. The molecule has 1 amide bonds. The van der Waals surface area contributed by atoms with Gasteiger partial charge in [0.15, 0.2) is 0 Å². The number of carbonyl (C=O) groups excluding carboxylic acids is 1. The molecule has 1 fully saturated rings. The SMILES string of the molecule is COc1cccc(CC(=O)N2CCC(Cc3ccc(COCc4ccncc4)cc3)CC2)c1. The molecule has 0 bridgehead atoms. The number of nitrogens with zero attached hydrogens (tertiary/aromatic N) is 2. The Bertz CT molecular complexity index is 1010. The highest BCUT2D eigenvalue weighted by Gasteiger charge is 2.23. The summed E-state index contributed by atoms with van der Waals surface area (Å²) in [5, 5.41) is 0. The second kappa shape index (κ2) is 11.6. The molecule has 0 radical (unpaired) electrons. The zero-order chi connectivity index (χ0) is 22.9. The smallest absolute Gasteiger partial charge is 0.226 e. The molecule has 0 unspecified atom stereocenters. The van der Waals surface area contributed by atoms with Crippen LogP contribution in [0.2, 0.25) is 0 Å². The van der Waals surface area contributed by atoms with Gasteiger partial charge in [-0.1, -0.05) is 36.4 Å². The Morgan fingerprint density at radius 1 is 0.909 bits per heavy atom. The average Bonchev–Trinajstić information content (AvgIpc) is 2.86. The maximum absolute atomic E-state index is 12.7. The lowest BCUT2D eigenvalue weighted by Crippen LogP contribution is -2.39. The van der Waals surface area contributed by atoms with Gasteiger partial charge in [-0.3, -0.25) is 9.78 Å². The van der Waals surface area contributed by atoms with Crippen LogP contribution >= 0.6 is 0 Å². The van der Waals surface area contributed by atoms with Crippen molar-refractivity contribution in [1.29, 1.82) is 0 Å². The van der Waals surface area contributed by atoms with Gasteiger partial charge in [0.05, 0.1) is 26.7 Å². The lowest BCUT2D eigenvalue weighted by Gasteiger charge is -2.32. The molecule has 0 atom stereocenters. The molecule has 4 rings (SSSR count). The summed E-state index contributed by atoms with van der Waals surface area (Å²) in [6, 6.07) is 20.5. The van der Waals surface area contributed by atoms with E-state index in [0.717, 1.165) is 49.2 Å². The molecule has 0 spiro atoms. The van der Waals surface area contributed by atoms with Crippen molar-refractivity contribution in [3.8, 4) is 5.75 Å². The molecule has 33 heavy (non-hydrogen) atoms. The van der Waals surface area contributed by atoms with Gasteiger partial charge in [-0.2, -0.15) is 0 Å². The molecule has 0 saturated carbocycles. The fourth-order valence-corrected chi connectivity index (χ4v) is 4.33. The summed E-state index contributed by atoms with van der Waals surface area (Å²) in [6.07, 6.45) is 7.19. The number of hydrogen-bond acceptors (Lipinski definition) is 4. The Kier molecular flexibility index (Phi) is 8.09. The van der Waals surface area contributed by atoms with Crippen LogP contribution in [-0.4, -0.2) is 36.0 Å². The molecule has 3 aromatic rings. The predicted octanol–water partition coefficient (Wildman–Crippen LogP) is 4.83. The molecular weight excluding hydrogens is 412 g/mol. The van der Waals surface area contributed by atoms with Gasteiger partial charge in [0.2, 0.25) is 5.91 Å². The molecule has 5 nitrogen and oxygen atoms in total. The van der Waals surface area contributed by atoms with Gasteiger partial charge < -0.3 is 14.4 Å². The van der Waals surface area contributed by atoms with Crippen molar-refractivity contribution < 1.29 is 14.3 Å². The Hall–Kier alpha value is -3.18. The zero-order valence-electron chi connectivity index (χ0n) is 19.3. The van der Waals surface area contributed by atoms with Crippen molar-refractivity contribution in [2.75, 3.05) is 20.2 Å². The molecule has 1 aliphatic heterocycles. The number of likely N-dealkylation sites (tertiary alicyclic amines) is 1. The summed E-state index contributed by atoms with van der Waals surface area (Å²) >= 11 is 0. The van der Waals surface area contributed by atoms with E-state index in [0.29, 0.717) is 25.6 Å². The lowest BCUT2D eigenvalue weighted by atomic mass is 9.89. The van der Waals surface area contributed by atoms with Crippen molar-refractivity contribution in [3.05, 3.63) is 95.3 Å². The van der Waals surface area contributed by atoms with Crippen LogP contribution in [0.3, 0.4) is 0 Å². The average molecular weight is 445 g/mol. The van der Waals surface area contributed by atoms with Gasteiger partial charge in [-0.05, 0) is 71.7 Å². The number of carbonyl (C=O) groups is 1. The Morgan fingerprint density at radius 2 is 1.58 bits per heavy atom. The van der Waals surface area contributed by atoms with E-state index in [4.69, 9.17) is 9.47 Å². The molecule has 1 aromatic heterocycles. The summed E-state index contributed by atoms with van der Waals surface area (Å²) in [5.41, 5.74) is 4.68. The topological polar surface area (TPSA) is 51.7 Å². The van der Waals surface area contributed by atoms with E-state index in [2.05, 4.69) is 29.2 Å². The van der Waals surface area contributed by atoms with E-state index in [-0.39, 0.29) is 5.91 Å². The van der Waals surface area contributed by atoms with Crippen molar-refractivity contribution >= 4 is 5.91 Å². The van der Waals surface area contributed by atoms with Gasteiger partial charge in [-0.25, -0.2) is 0 Å². The quantitative estimate of drug-likeness (QED) is 0.474. The summed E-state index contributed by atoms with van der Waals surface area (Å²) in [5.74, 6) is 1.63. The first kappa shape index (κ1) is 23.0. The predicted molar refractivity (Wildman–Crippen MR) is 129 cm³/mol. The molecule has 5 heteroatoms. The summed E-state index contributed by atoms with van der Waals surface area (Å²) in [6.45, 7) is 2.89. The highest BCUT2D eigenvalue weighted by Crippen LogP contribution is 2.23. The molecule has 0 N–H and O–H groups in total. The summed E-state index contributed by atoms with van der Waals surface area (Å²) in [7, 11) is 1.65. The maximum atomic E-state index is 12.7. The van der Waals surface area contributed by atoms with Crippen LogP contribution in [0.4, 0.5) is 0 Å². The second-order valence-corrected chi connectivity index (χ2v) is 8.72. The van der Waals surface area contributed by atoms with Gasteiger partial charge in [-0.15, -0.1) is 0 Å². The van der Waals surface area contributed by atoms with Crippen LogP contribution in [0, 0.1) is 5.92 Å². The number of hydrogen-bond donors (Lipinski definition) is 0. The highest BCUT2D eigenvalue weighted by atomic mass is 16.5. The lowest BCUT2D eigenvalue weighted by molar-refractivity contribution is -0.131. The van der Waals surface area contributed by atoms with Crippen LogP contribution in [0.1, 0.15) is 35.1 Å². The normalized spacial score (nSPS) is 14.3. The van der Waals surface area contributed by atoms with E-state index in [9.17, 15) is 4.79 Å². The highest BCUT2D eigenvalue weighted by molar-refractivity contribution is 5.79. The standard InChI is InChI=1S/C28H32N2O3/c1-32-27-4-2-3-26(18-27)19-28(31)30-15-11-23(12-16-30)17-22-5-7-24(8-6-22)20-33-21-25-9-13-29-14-10-25/h2-10,13-14,18,23H,11-12,15-17,19-21H2,1H3. The number of rotatable bonds is 9. The first-order chi connectivity index (χ1) is 16.2. The number of methoxy groups -OCH3 is 1. The minimum absolute atomic E-state index is 0.206. The molecule has 2 heterocycles. The Labute approximate surface area is 196 Å². The monoisotopic (exact) mass is 444 g/mol. The van der Waals surface area contributed by atoms with Crippen LogP contribution in [-0.2, 0) is 35.6 Å². The molecule has 2 aromatic carbocycles. The van der Waals surface area contributed by atoms with Gasteiger partial charge >= 0.3 is 0 Å². The number of pyridine rings is 1. The molecule has 1 saturated heterocycles. The van der Waals surface area contributed by atoms with Crippen molar-refractivity contribution in [1.82, 2.24) is 9.88 Å². The summed E-state index contributed by atoms with van der Waals surface area (Å²) in [4.78, 5) is 18.8. The van der Waals surface area contributed by atoms with E-state index >= 15 is 0 Å². The fraction of sp³-hybridized carbons (Fsp3) is 0.357. The van der Waals surface area contributed by atoms with Crippen LogP contribution in [0.25, 0.3) is 0 Å². The molecule has 172 valence electrons. The fourth-order valence-electron chi connectivity index (χ4n) is 4.33. The van der Waals surface area contributed by atoms with E-state index in [1.165, 1.54) is 11.1 Å². The number of amides is 1. The van der Waals surface area contributed by atoms with Gasteiger partial charge in [0, 0.05) is 25.5 Å². The van der Waals surface area contributed by atoms with Crippen molar-refractivity contribution in [2.24, 2.45) is 5.92 Å². The number of benzene rings is 2. The maximum Gasteiger partial charge on any atom is 0.226 e. The largest absolute Gasteiger partial charge is 0.497 e. The third-order valence-electron chi connectivity index (χ3n) is 6.29. The number of aromatic nitrogens is 1. The van der Waals surface area contributed by atoms with Crippen LogP contribution in [0.5, 0.6) is 5.75 Å². The van der Waals surface area contributed by atoms with Crippen LogP contribution in [0.15, 0.2) is 73.1 Å². The van der Waals surface area contributed by atoms with Crippen LogP contribution < -0.4 is 4.74 Å². The Balaban J connectivity index is 1.19. The minimum atomic E-state index is 0.206. The minimum Gasteiger partial charge on any atom is -0.497 e. The third kappa shape index (κ3) is 6.90.